The number of rotatable bonds is 4. The fourth-order valence-corrected chi connectivity index (χ4v) is 3.32. The van der Waals surface area contributed by atoms with Crippen molar-refractivity contribution in [2.45, 2.75) is 18.5 Å². The van der Waals surface area contributed by atoms with Crippen molar-refractivity contribution in [3.05, 3.63) is 48.3 Å². The van der Waals surface area contributed by atoms with E-state index in [2.05, 4.69) is 16.4 Å². The molecule has 3 heterocycles. The van der Waals surface area contributed by atoms with Gasteiger partial charge in [-0.1, -0.05) is 0 Å². The molecule has 148 valence electrons. The Morgan fingerprint density at radius 1 is 1.28 bits per heavy atom. The molecule has 0 atom stereocenters. The van der Waals surface area contributed by atoms with Gasteiger partial charge in [-0.15, -0.1) is 0 Å². The number of pyridine rings is 1. The minimum absolute atomic E-state index is 0.0351. The summed E-state index contributed by atoms with van der Waals surface area (Å²) in [6.07, 6.45) is 3.53. The molecule has 4 rings (SSSR count). The number of aromatic nitrogens is 2. The molecule has 7 nitrogen and oxygen atoms in total. The van der Waals surface area contributed by atoms with Crippen molar-refractivity contribution < 1.29 is 18.7 Å². The monoisotopic (exact) mass is 394 g/mol. The number of carbonyl (C=O) groups is 1. The average molecular weight is 394 g/mol. The van der Waals surface area contributed by atoms with Crippen molar-refractivity contribution in [1.29, 1.82) is 5.26 Å². The van der Waals surface area contributed by atoms with Crippen molar-refractivity contribution >= 4 is 17.4 Å². The summed E-state index contributed by atoms with van der Waals surface area (Å²) < 4.78 is 26.9. The molecule has 1 fully saturated rings. The summed E-state index contributed by atoms with van der Waals surface area (Å²) >= 11 is 0. The topological polar surface area (TPSA) is 88.6 Å². The van der Waals surface area contributed by atoms with Crippen LogP contribution in [0.2, 0.25) is 0 Å². The third-order valence-corrected chi connectivity index (χ3v) is 4.99. The maximum atomic E-state index is 14.8. The summed E-state index contributed by atoms with van der Waals surface area (Å²) in [4.78, 5) is 16.7. The number of amides is 1. The predicted molar refractivity (Wildman–Crippen MR) is 104 cm³/mol. The molecule has 1 saturated heterocycles. The second-order valence-electron chi connectivity index (χ2n) is 6.90. The molecule has 1 aromatic carbocycles. The Morgan fingerprint density at radius 3 is 2.79 bits per heavy atom. The zero-order valence-electron chi connectivity index (χ0n) is 15.8. The minimum Gasteiger partial charge on any atom is -0.497 e. The maximum absolute atomic E-state index is 14.8. The molecule has 29 heavy (non-hydrogen) atoms. The van der Waals surface area contributed by atoms with E-state index in [-0.39, 0.29) is 31.9 Å². The van der Waals surface area contributed by atoms with E-state index in [0.717, 1.165) is 11.1 Å². The van der Waals surface area contributed by atoms with Crippen LogP contribution in [0.15, 0.2) is 42.7 Å². The predicted octanol–water partition coefficient (Wildman–Crippen LogP) is 3.34. The molecule has 1 amide bonds. The van der Waals surface area contributed by atoms with Gasteiger partial charge in [0.25, 0.3) is 5.91 Å². The number of anilines is 1. The number of nitriles is 1. The van der Waals surface area contributed by atoms with Gasteiger partial charge in [-0.2, -0.15) is 5.26 Å². The standard InChI is InChI=1S/C21H19FN4O3/c1-28-17-9-14(11-23)8-16(10-17)15-2-3-19-24-18(13-26(19)12-15)25-20(27)21(22)4-6-29-7-5-21/h2-3,8-10,12-13H,4-7H2,1H3,(H,25,27). The highest BCUT2D eigenvalue weighted by Gasteiger charge is 2.40. The van der Waals surface area contributed by atoms with E-state index in [0.29, 0.717) is 17.0 Å². The molecule has 0 spiro atoms. The molecule has 1 N–H and O–H groups in total. The Kier molecular flexibility index (Phi) is 4.91. The van der Waals surface area contributed by atoms with Crippen LogP contribution >= 0.6 is 0 Å². The van der Waals surface area contributed by atoms with Crippen LogP contribution in [-0.4, -0.2) is 41.3 Å². The summed E-state index contributed by atoms with van der Waals surface area (Å²) in [5, 5.41) is 11.8. The molecule has 1 aliphatic rings. The van der Waals surface area contributed by atoms with E-state index in [1.807, 2.05) is 18.3 Å². The molecule has 0 unspecified atom stereocenters. The van der Waals surface area contributed by atoms with E-state index in [1.54, 1.807) is 35.9 Å². The largest absolute Gasteiger partial charge is 0.497 e. The van der Waals surface area contributed by atoms with Gasteiger partial charge in [0.05, 0.1) is 38.2 Å². The Balaban J connectivity index is 1.61. The smallest absolute Gasteiger partial charge is 0.263 e. The lowest BCUT2D eigenvalue weighted by atomic mass is 9.95. The van der Waals surface area contributed by atoms with Crippen LogP contribution in [0.4, 0.5) is 10.2 Å². The van der Waals surface area contributed by atoms with Crippen LogP contribution in [0.5, 0.6) is 5.75 Å². The van der Waals surface area contributed by atoms with E-state index >= 15 is 0 Å². The highest BCUT2D eigenvalue weighted by Crippen LogP contribution is 2.28. The van der Waals surface area contributed by atoms with Gasteiger partial charge >= 0.3 is 0 Å². The van der Waals surface area contributed by atoms with Crippen LogP contribution < -0.4 is 10.1 Å². The Hall–Kier alpha value is -3.44. The van der Waals surface area contributed by atoms with Gasteiger partial charge in [0, 0.05) is 19.0 Å². The van der Waals surface area contributed by atoms with Crippen molar-refractivity contribution in [2.75, 3.05) is 25.6 Å². The molecule has 0 radical (unpaired) electrons. The molecular formula is C21H19FN4O3. The fourth-order valence-electron chi connectivity index (χ4n) is 3.32. The van der Waals surface area contributed by atoms with Gasteiger partial charge in [0.1, 0.15) is 11.4 Å². The Morgan fingerprint density at radius 2 is 2.07 bits per heavy atom. The normalized spacial score (nSPS) is 15.6. The lowest BCUT2D eigenvalue weighted by molar-refractivity contribution is -0.133. The number of carbonyl (C=O) groups excluding carboxylic acids is 1. The number of alkyl halides is 1. The number of fused-ring (bicyclic) bond motifs is 1. The number of benzene rings is 1. The van der Waals surface area contributed by atoms with E-state index in [4.69, 9.17) is 9.47 Å². The summed E-state index contributed by atoms with van der Waals surface area (Å²) in [6, 6.07) is 11.0. The van der Waals surface area contributed by atoms with Gasteiger partial charge < -0.3 is 19.2 Å². The summed E-state index contributed by atoms with van der Waals surface area (Å²) in [5.41, 5.74) is 0.810. The number of ether oxygens (including phenoxy) is 2. The van der Waals surface area contributed by atoms with Gasteiger partial charge in [0.15, 0.2) is 11.5 Å². The van der Waals surface area contributed by atoms with E-state index in [9.17, 15) is 14.4 Å². The van der Waals surface area contributed by atoms with E-state index < -0.39 is 11.6 Å². The number of methoxy groups -OCH3 is 1. The minimum atomic E-state index is -1.94. The first-order chi connectivity index (χ1) is 14.0. The van der Waals surface area contributed by atoms with Crippen LogP contribution in [-0.2, 0) is 9.53 Å². The SMILES string of the molecule is COc1cc(C#N)cc(-c2ccc3nc(NC(=O)C4(F)CCOCC4)cn3c2)c1. The number of nitrogens with one attached hydrogen (secondary N) is 1. The van der Waals surface area contributed by atoms with Crippen LogP contribution in [0.1, 0.15) is 18.4 Å². The fraction of sp³-hybridized carbons (Fsp3) is 0.286. The first-order valence-electron chi connectivity index (χ1n) is 9.17. The van der Waals surface area contributed by atoms with Crippen LogP contribution in [0.3, 0.4) is 0 Å². The van der Waals surface area contributed by atoms with Crippen LogP contribution in [0, 0.1) is 11.3 Å². The molecule has 3 aromatic rings. The number of nitrogens with zero attached hydrogens (tertiary/aromatic N) is 3. The molecule has 2 aromatic heterocycles. The number of halogens is 1. The lowest BCUT2D eigenvalue weighted by Gasteiger charge is -2.27. The summed E-state index contributed by atoms with van der Waals surface area (Å²) in [6.45, 7) is 0.452. The zero-order chi connectivity index (χ0) is 20.4. The average Bonchev–Trinajstić information content (AvgIpc) is 3.15. The highest BCUT2D eigenvalue weighted by atomic mass is 19.1. The Bertz CT molecular complexity index is 1110. The van der Waals surface area contributed by atoms with Crippen molar-refractivity contribution in [3.63, 3.8) is 0 Å². The molecule has 8 heteroatoms. The number of hydrogen-bond donors (Lipinski definition) is 1. The van der Waals surface area contributed by atoms with Crippen molar-refractivity contribution in [2.24, 2.45) is 0 Å². The molecule has 1 aliphatic heterocycles. The van der Waals surface area contributed by atoms with Crippen molar-refractivity contribution in [3.8, 4) is 22.9 Å². The highest BCUT2D eigenvalue weighted by molar-refractivity contribution is 5.96. The summed E-state index contributed by atoms with van der Waals surface area (Å²) in [7, 11) is 1.55. The molecule has 0 aliphatic carbocycles. The first kappa shape index (κ1) is 18.9. The third kappa shape index (κ3) is 3.77. The quantitative estimate of drug-likeness (QED) is 0.733. The number of imidazole rings is 1. The van der Waals surface area contributed by atoms with Gasteiger partial charge in [-0.3, -0.25) is 4.79 Å². The van der Waals surface area contributed by atoms with Gasteiger partial charge in [0.2, 0.25) is 0 Å². The zero-order valence-corrected chi connectivity index (χ0v) is 15.8. The summed E-state index contributed by atoms with van der Waals surface area (Å²) in [5.74, 6) is 0.164. The van der Waals surface area contributed by atoms with Crippen molar-refractivity contribution in [1.82, 2.24) is 9.38 Å². The Labute approximate surface area is 166 Å². The maximum Gasteiger partial charge on any atom is 0.263 e. The molecule has 0 saturated carbocycles. The first-order valence-corrected chi connectivity index (χ1v) is 9.17. The molecule has 0 bridgehead atoms. The molecular weight excluding hydrogens is 375 g/mol. The van der Waals surface area contributed by atoms with Gasteiger partial charge in [-0.25, -0.2) is 9.37 Å². The van der Waals surface area contributed by atoms with Gasteiger partial charge in [-0.05, 0) is 41.5 Å². The second-order valence-corrected chi connectivity index (χ2v) is 6.90. The third-order valence-electron chi connectivity index (χ3n) is 4.99. The second kappa shape index (κ2) is 7.53. The lowest BCUT2D eigenvalue weighted by Crippen LogP contribution is -2.43. The van der Waals surface area contributed by atoms with E-state index in [1.165, 1.54) is 0 Å². The number of hydrogen-bond acceptors (Lipinski definition) is 5. The van der Waals surface area contributed by atoms with Crippen LogP contribution in [0.25, 0.3) is 16.8 Å².